The SMILES string of the molecule is CNC(=O)N1CCN(c2ccc(C(=O)Nc3cc(C(F)(F)F)c(-c4ccc(-c5c[nH]c(C6CC(C)CN6C)n5)cc4)cc3CCl)cn2)CC1C. The normalized spacial score (nSPS) is 19.9. The van der Waals surface area contributed by atoms with Gasteiger partial charge in [-0.25, -0.2) is 14.8 Å². The maximum atomic E-state index is 14.5. The summed E-state index contributed by atoms with van der Waals surface area (Å²) in [5.41, 5.74) is 1.40. The first kappa shape index (κ1) is 35.2. The van der Waals surface area contributed by atoms with E-state index in [2.05, 4.69) is 39.5 Å². The van der Waals surface area contributed by atoms with Gasteiger partial charge in [0.05, 0.1) is 22.9 Å². The monoisotopic (exact) mass is 708 g/mol. The Morgan fingerprint density at radius 2 is 1.78 bits per heavy atom. The summed E-state index contributed by atoms with van der Waals surface area (Å²) in [4.78, 5) is 43.8. The molecular weight excluding hydrogens is 669 g/mol. The standard InChI is InChI=1S/C36H40ClF3N8O2/c1-21-13-31(46(4)19-21)33-43-18-30(44-33)24-7-5-23(6-8-24)27-14-26(16-37)29(15-28(27)36(38,39)40)45-34(49)25-9-10-32(42-17-25)47-11-12-48(22(2)20-47)35(50)41-3/h5-10,14-15,17-18,21-22,31H,11-13,16,19-20H2,1-4H3,(H,41,50)(H,43,44)(H,45,49). The molecule has 10 nitrogen and oxygen atoms in total. The van der Waals surface area contributed by atoms with Gasteiger partial charge in [-0.05, 0) is 67.3 Å². The van der Waals surface area contributed by atoms with Crippen LogP contribution in [0.25, 0.3) is 22.4 Å². The molecule has 3 atom stereocenters. The molecular formula is C36H40ClF3N8O2. The van der Waals surface area contributed by atoms with Gasteiger partial charge in [-0.3, -0.25) is 9.69 Å². The van der Waals surface area contributed by atoms with Gasteiger partial charge in [-0.1, -0.05) is 31.2 Å². The van der Waals surface area contributed by atoms with Crippen LogP contribution in [-0.2, 0) is 12.1 Å². The number of aromatic nitrogens is 3. The van der Waals surface area contributed by atoms with Gasteiger partial charge in [-0.2, -0.15) is 13.2 Å². The number of carbonyl (C=O) groups is 2. The van der Waals surface area contributed by atoms with Gasteiger partial charge in [0.15, 0.2) is 0 Å². The third-order valence-electron chi connectivity index (χ3n) is 9.54. The van der Waals surface area contributed by atoms with E-state index < -0.39 is 17.6 Å². The summed E-state index contributed by atoms with van der Waals surface area (Å²) in [6, 6.07) is 12.4. The molecule has 3 N–H and O–H groups in total. The minimum atomic E-state index is -4.71. The molecule has 3 unspecified atom stereocenters. The number of benzene rings is 2. The third-order valence-corrected chi connectivity index (χ3v) is 9.83. The predicted molar refractivity (Wildman–Crippen MR) is 188 cm³/mol. The molecule has 264 valence electrons. The Labute approximate surface area is 294 Å². The number of pyridine rings is 1. The molecule has 4 heterocycles. The van der Waals surface area contributed by atoms with Crippen LogP contribution in [-0.4, -0.2) is 83.0 Å². The molecule has 6 rings (SSSR count). The zero-order valence-electron chi connectivity index (χ0n) is 28.3. The summed E-state index contributed by atoms with van der Waals surface area (Å²) in [5, 5.41) is 5.26. The number of aromatic amines is 1. The summed E-state index contributed by atoms with van der Waals surface area (Å²) in [6.07, 6.45) is -0.492. The summed E-state index contributed by atoms with van der Waals surface area (Å²) < 4.78 is 43.5. The van der Waals surface area contributed by atoms with Crippen molar-refractivity contribution in [2.45, 2.75) is 44.4 Å². The van der Waals surface area contributed by atoms with Crippen molar-refractivity contribution in [3.8, 4) is 22.4 Å². The lowest BCUT2D eigenvalue weighted by Crippen LogP contribution is -2.56. The molecule has 0 bridgehead atoms. The van der Waals surface area contributed by atoms with Crippen molar-refractivity contribution in [1.82, 2.24) is 30.1 Å². The number of carbonyl (C=O) groups excluding carboxylic acids is 2. The fourth-order valence-electron chi connectivity index (χ4n) is 6.91. The minimum Gasteiger partial charge on any atom is -0.353 e. The topological polar surface area (TPSA) is 109 Å². The highest BCUT2D eigenvalue weighted by atomic mass is 35.5. The number of nitrogens with one attached hydrogen (secondary N) is 3. The van der Waals surface area contributed by atoms with E-state index in [1.54, 1.807) is 48.3 Å². The maximum Gasteiger partial charge on any atom is 0.417 e. The van der Waals surface area contributed by atoms with Crippen LogP contribution in [0, 0.1) is 5.92 Å². The average molecular weight is 709 g/mol. The van der Waals surface area contributed by atoms with E-state index in [0.717, 1.165) is 36.1 Å². The number of hydrogen-bond donors (Lipinski definition) is 3. The Bertz CT molecular complexity index is 1850. The number of imidazole rings is 1. The second-order valence-corrected chi connectivity index (χ2v) is 13.4. The number of alkyl halides is 4. The molecule has 2 aliphatic heterocycles. The molecule has 2 aliphatic rings. The second kappa shape index (κ2) is 14.3. The van der Waals surface area contributed by atoms with Crippen molar-refractivity contribution in [3.05, 3.63) is 83.4 Å². The van der Waals surface area contributed by atoms with Gasteiger partial charge in [0.25, 0.3) is 5.91 Å². The van der Waals surface area contributed by atoms with Crippen LogP contribution in [0.4, 0.5) is 29.5 Å². The van der Waals surface area contributed by atoms with Crippen molar-refractivity contribution in [1.29, 1.82) is 0 Å². The van der Waals surface area contributed by atoms with Crippen molar-refractivity contribution in [2.24, 2.45) is 5.92 Å². The van der Waals surface area contributed by atoms with E-state index in [1.165, 1.54) is 12.3 Å². The molecule has 0 aliphatic carbocycles. The number of rotatable bonds is 7. The largest absolute Gasteiger partial charge is 0.417 e. The lowest BCUT2D eigenvalue weighted by Gasteiger charge is -2.40. The number of urea groups is 1. The van der Waals surface area contributed by atoms with Crippen molar-refractivity contribution >= 4 is 35.0 Å². The molecule has 3 amide bonds. The summed E-state index contributed by atoms with van der Waals surface area (Å²) >= 11 is 6.23. The molecule has 2 aromatic carbocycles. The first-order chi connectivity index (χ1) is 23.9. The molecule has 0 radical (unpaired) electrons. The summed E-state index contributed by atoms with van der Waals surface area (Å²) in [5.74, 6) is 1.33. The molecule has 0 spiro atoms. The van der Waals surface area contributed by atoms with E-state index in [9.17, 15) is 22.8 Å². The van der Waals surface area contributed by atoms with Crippen LogP contribution in [0.3, 0.4) is 0 Å². The summed E-state index contributed by atoms with van der Waals surface area (Å²) in [6.45, 7) is 6.78. The van der Waals surface area contributed by atoms with Crippen LogP contribution in [0.15, 0.2) is 60.9 Å². The van der Waals surface area contributed by atoms with Crippen LogP contribution >= 0.6 is 11.6 Å². The molecule has 0 saturated carbocycles. The Morgan fingerprint density at radius 3 is 2.38 bits per heavy atom. The lowest BCUT2D eigenvalue weighted by atomic mass is 9.94. The third kappa shape index (κ3) is 7.29. The Hall–Kier alpha value is -4.62. The molecule has 2 saturated heterocycles. The number of halogens is 4. The van der Waals surface area contributed by atoms with Crippen LogP contribution in [0.2, 0.25) is 0 Å². The van der Waals surface area contributed by atoms with Gasteiger partial charge < -0.3 is 25.4 Å². The second-order valence-electron chi connectivity index (χ2n) is 13.1. The smallest absolute Gasteiger partial charge is 0.353 e. The lowest BCUT2D eigenvalue weighted by molar-refractivity contribution is -0.137. The van der Waals surface area contributed by atoms with Crippen LogP contribution < -0.4 is 15.5 Å². The van der Waals surface area contributed by atoms with Gasteiger partial charge >= 0.3 is 12.2 Å². The quantitative estimate of drug-likeness (QED) is 0.178. The molecule has 2 fully saturated rings. The number of amides is 3. The van der Waals surface area contributed by atoms with Crippen molar-refractivity contribution < 1.29 is 22.8 Å². The van der Waals surface area contributed by atoms with Gasteiger partial charge in [0.2, 0.25) is 0 Å². The highest BCUT2D eigenvalue weighted by Gasteiger charge is 2.35. The van der Waals surface area contributed by atoms with E-state index in [-0.39, 0.29) is 40.8 Å². The van der Waals surface area contributed by atoms with Gasteiger partial charge in [0, 0.05) is 68.8 Å². The van der Waals surface area contributed by atoms with Crippen LogP contribution in [0.5, 0.6) is 0 Å². The Balaban J connectivity index is 1.19. The number of piperazine rings is 1. The fourth-order valence-corrected chi connectivity index (χ4v) is 7.13. The van der Waals surface area contributed by atoms with Gasteiger partial charge in [-0.15, -0.1) is 11.6 Å². The number of H-pyrrole nitrogens is 1. The van der Waals surface area contributed by atoms with Gasteiger partial charge in [0.1, 0.15) is 11.6 Å². The highest BCUT2D eigenvalue weighted by Crippen LogP contribution is 2.41. The molecule has 4 aromatic rings. The molecule has 14 heteroatoms. The zero-order chi connectivity index (χ0) is 35.7. The molecule has 50 heavy (non-hydrogen) atoms. The van der Waals surface area contributed by atoms with E-state index >= 15 is 0 Å². The van der Waals surface area contributed by atoms with E-state index in [1.807, 2.05) is 18.0 Å². The van der Waals surface area contributed by atoms with Crippen molar-refractivity contribution in [3.63, 3.8) is 0 Å². The highest BCUT2D eigenvalue weighted by molar-refractivity contribution is 6.18. The van der Waals surface area contributed by atoms with E-state index in [4.69, 9.17) is 16.6 Å². The Kier molecular flexibility index (Phi) is 10.1. The minimum absolute atomic E-state index is 0.0313. The number of hydrogen-bond acceptors (Lipinski definition) is 6. The summed E-state index contributed by atoms with van der Waals surface area (Å²) in [7, 11) is 3.67. The Morgan fingerprint density at radius 1 is 1.04 bits per heavy atom. The number of anilines is 2. The number of nitrogens with zero attached hydrogens (tertiary/aromatic N) is 5. The fraction of sp³-hybridized carbons (Fsp3) is 0.389. The first-order valence-corrected chi connectivity index (χ1v) is 17.1. The maximum absolute atomic E-state index is 14.5. The van der Waals surface area contributed by atoms with Crippen molar-refractivity contribution in [2.75, 3.05) is 50.5 Å². The first-order valence-electron chi connectivity index (χ1n) is 16.5. The number of likely N-dealkylation sites (tertiary alicyclic amines) is 1. The zero-order valence-corrected chi connectivity index (χ0v) is 29.1. The molecule has 2 aromatic heterocycles. The predicted octanol–water partition coefficient (Wildman–Crippen LogP) is 7.01. The average Bonchev–Trinajstić information content (AvgIpc) is 3.73. The van der Waals surface area contributed by atoms with Crippen LogP contribution in [0.1, 0.15) is 53.6 Å². The van der Waals surface area contributed by atoms with E-state index in [0.29, 0.717) is 42.5 Å².